The van der Waals surface area contributed by atoms with Gasteiger partial charge in [0.15, 0.2) is 0 Å². The fourth-order valence-corrected chi connectivity index (χ4v) is 3.14. The van der Waals surface area contributed by atoms with E-state index in [0.717, 1.165) is 4.90 Å². The van der Waals surface area contributed by atoms with Crippen LogP contribution < -0.4 is 0 Å². The van der Waals surface area contributed by atoms with Crippen molar-refractivity contribution in [2.75, 3.05) is 45.5 Å². The van der Waals surface area contributed by atoms with E-state index in [4.69, 9.17) is 29.0 Å². The van der Waals surface area contributed by atoms with Crippen LogP contribution in [-0.4, -0.2) is 81.2 Å². The summed E-state index contributed by atoms with van der Waals surface area (Å²) in [7, 11) is -8.89. The minimum Gasteiger partial charge on any atom is -0.388 e. The van der Waals surface area contributed by atoms with Crippen LogP contribution in [-0.2, 0) is 18.6 Å². The predicted octanol–water partition coefficient (Wildman–Crippen LogP) is -0.861. The Bertz CT molecular complexity index is 383. The lowest BCUT2D eigenvalue weighted by Gasteiger charge is -2.23. The maximum absolute atomic E-state index is 10.9. The lowest BCUT2D eigenvalue weighted by atomic mass is 10.4. The topological polar surface area (TPSA) is 157 Å². The third kappa shape index (κ3) is 14.8. The molecule has 12 heteroatoms. The van der Waals surface area contributed by atoms with Crippen LogP contribution in [0.5, 0.6) is 0 Å². The highest BCUT2D eigenvalue weighted by atomic mass is 31.2. The molecule has 22 heavy (non-hydrogen) atoms. The molecular weight excluding hydrogens is 340 g/mol. The lowest BCUT2D eigenvalue weighted by molar-refractivity contribution is -0.0160. The van der Waals surface area contributed by atoms with Crippen LogP contribution in [0.4, 0.5) is 0 Å². The van der Waals surface area contributed by atoms with E-state index in [2.05, 4.69) is 6.58 Å². The molecule has 0 bridgehead atoms. The lowest BCUT2D eigenvalue weighted by Crippen LogP contribution is -2.31. The van der Waals surface area contributed by atoms with Crippen molar-refractivity contribution in [3.8, 4) is 0 Å². The van der Waals surface area contributed by atoms with E-state index in [1.807, 2.05) is 0 Å². The van der Waals surface area contributed by atoms with Gasteiger partial charge in [-0.3, -0.25) is 14.0 Å². The Labute approximate surface area is 128 Å². The summed E-state index contributed by atoms with van der Waals surface area (Å²) in [5.74, 6) is 0. The second-order valence-corrected chi connectivity index (χ2v) is 7.79. The van der Waals surface area contributed by atoms with Gasteiger partial charge in [0, 0.05) is 6.54 Å². The molecule has 0 aromatic heterocycles. The van der Waals surface area contributed by atoms with E-state index in [1.165, 1.54) is 6.08 Å². The van der Waals surface area contributed by atoms with E-state index in [0.29, 0.717) is 0 Å². The Hall–Kier alpha value is -0.120. The highest BCUT2D eigenvalue weighted by Crippen LogP contribution is 2.40. The summed E-state index contributed by atoms with van der Waals surface area (Å²) >= 11 is 0. The van der Waals surface area contributed by atoms with Gasteiger partial charge < -0.3 is 34.2 Å². The van der Waals surface area contributed by atoms with Crippen molar-refractivity contribution in [3.63, 3.8) is 0 Å². The molecule has 0 saturated carbocycles. The van der Waals surface area contributed by atoms with Gasteiger partial charge in [0.2, 0.25) is 0 Å². The molecule has 10 nitrogen and oxygen atoms in total. The number of aliphatic hydroxyl groups is 1. The third-order valence-electron chi connectivity index (χ3n) is 2.18. The van der Waals surface area contributed by atoms with Gasteiger partial charge in [0.25, 0.3) is 0 Å². The summed E-state index contributed by atoms with van der Waals surface area (Å²) in [6.07, 6.45) is -0.925. The van der Waals surface area contributed by atoms with E-state index >= 15 is 0 Å². The largest absolute Gasteiger partial charge is 0.388 e. The van der Waals surface area contributed by atoms with Crippen LogP contribution in [0.2, 0.25) is 0 Å². The average molecular weight is 363 g/mol. The quantitative estimate of drug-likeness (QED) is 0.158. The summed E-state index contributed by atoms with van der Waals surface area (Å²) in [6, 6.07) is 0. The molecule has 0 aliphatic rings. The highest BCUT2D eigenvalue weighted by Gasteiger charge is 2.25. The van der Waals surface area contributed by atoms with Gasteiger partial charge in [-0.15, -0.1) is 6.58 Å². The first kappa shape index (κ1) is 21.9. The molecule has 0 rings (SSSR count). The molecule has 0 heterocycles. The van der Waals surface area contributed by atoms with Crippen molar-refractivity contribution in [1.82, 2.24) is 4.90 Å². The fourth-order valence-electron chi connectivity index (χ4n) is 1.46. The average Bonchev–Trinajstić information content (AvgIpc) is 2.31. The standard InChI is InChI=1S/C10H23NO9P2/c1-2-4-19-6-10(12)7-20-5-3-11(8-21(13,14)15)9-22(16,17)18/h2,10,12H,1,3-9H2,(H2,13,14,15)(H2,16,17,18). The van der Waals surface area contributed by atoms with Crippen LogP contribution in [0.1, 0.15) is 0 Å². The summed E-state index contributed by atoms with van der Waals surface area (Å²) < 4.78 is 31.9. The van der Waals surface area contributed by atoms with Crippen molar-refractivity contribution in [2.24, 2.45) is 0 Å². The van der Waals surface area contributed by atoms with Crippen molar-refractivity contribution in [2.45, 2.75) is 6.10 Å². The van der Waals surface area contributed by atoms with Gasteiger partial charge >= 0.3 is 15.2 Å². The smallest absolute Gasteiger partial charge is 0.339 e. The van der Waals surface area contributed by atoms with Gasteiger partial charge in [0.1, 0.15) is 18.7 Å². The van der Waals surface area contributed by atoms with E-state index in [9.17, 15) is 14.2 Å². The molecule has 0 aliphatic heterocycles. The Kier molecular flexibility index (Phi) is 10.6. The summed E-state index contributed by atoms with van der Waals surface area (Å²) in [4.78, 5) is 36.4. The molecular formula is C10H23NO9P2. The van der Waals surface area contributed by atoms with E-state index < -0.39 is 33.9 Å². The van der Waals surface area contributed by atoms with Gasteiger partial charge in [-0.2, -0.15) is 0 Å². The van der Waals surface area contributed by atoms with Crippen LogP contribution in [0.3, 0.4) is 0 Å². The number of rotatable bonds is 13. The van der Waals surface area contributed by atoms with Crippen LogP contribution in [0.25, 0.3) is 0 Å². The summed E-state index contributed by atoms with van der Waals surface area (Å²) in [5, 5.41) is 9.47. The second kappa shape index (κ2) is 10.6. The molecule has 0 aliphatic carbocycles. The van der Waals surface area contributed by atoms with Gasteiger partial charge in [-0.25, -0.2) is 0 Å². The Balaban J connectivity index is 4.10. The predicted molar refractivity (Wildman–Crippen MR) is 78.4 cm³/mol. The van der Waals surface area contributed by atoms with Gasteiger partial charge in [-0.05, 0) is 0 Å². The molecule has 0 radical (unpaired) electrons. The number of hydrogen-bond donors (Lipinski definition) is 5. The van der Waals surface area contributed by atoms with Crippen molar-refractivity contribution in [1.29, 1.82) is 0 Å². The molecule has 0 saturated heterocycles. The normalized spacial score (nSPS) is 14.3. The van der Waals surface area contributed by atoms with Crippen LogP contribution in [0, 0.1) is 0 Å². The molecule has 132 valence electrons. The first-order valence-corrected chi connectivity index (χ1v) is 9.89. The monoisotopic (exact) mass is 363 g/mol. The first-order valence-electron chi connectivity index (χ1n) is 6.29. The fraction of sp³-hybridized carbons (Fsp3) is 0.800. The number of aliphatic hydroxyl groups excluding tert-OH is 1. The van der Waals surface area contributed by atoms with E-state index in [-0.39, 0.29) is 33.0 Å². The SMILES string of the molecule is C=CCOCC(O)COCCN(CP(=O)(O)O)CP(=O)(O)O. The first-order chi connectivity index (χ1) is 10.0. The second-order valence-electron chi connectivity index (χ2n) is 4.56. The van der Waals surface area contributed by atoms with Crippen molar-refractivity contribution < 1.29 is 43.3 Å². The Morgan fingerprint density at radius 2 is 1.55 bits per heavy atom. The van der Waals surface area contributed by atoms with Crippen molar-refractivity contribution in [3.05, 3.63) is 12.7 Å². The van der Waals surface area contributed by atoms with Crippen LogP contribution in [0.15, 0.2) is 12.7 Å². The molecule has 5 N–H and O–H groups in total. The maximum atomic E-state index is 10.9. The molecule has 1 unspecified atom stereocenters. The molecule has 0 aromatic carbocycles. The minimum atomic E-state index is -4.45. The molecule has 0 amide bonds. The molecule has 0 fully saturated rings. The zero-order valence-corrected chi connectivity index (χ0v) is 13.8. The Morgan fingerprint density at radius 1 is 1.05 bits per heavy atom. The molecule has 0 spiro atoms. The maximum Gasteiger partial charge on any atom is 0.339 e. The van der Waals surface area contributed by atoms with Gasteiger partial charge in [-0.1, -0.05) is 6.08 Å². The molecule has 0 aromatic rings. The zero-order valence-electron chi connectivity index (χ0n) is 12.0. The van der Waals surface area contributed by atoms with Crippen LogP contribution >= 0.6 is 15.2 Å². The molecule has 1 atom stereocenters. The third-order valence-corrected chi connectivity index (χ3v) is 3.71. The number of hydrogen-bond acceptors (Lipinski definition) is 6. The summed E-state index contributed by atoms with van der Waals surface area (Å²) in [6.45, 7) is 3.54. The zero-order chi connectivity index (χ0) is 17.2. The van der Waals surface area contributed by atoms with E-state index in [1.54, 1.807) is 0 Å². The summed E-state index contributed by atoms with van der Waals surface area (Å²) in [5.41, 5.74) is 0. The van der Waals surface area contributed by atoms with Gasteiger partial charge in [0.05, 0.1) is 26.4 Å². The van der Waals surface area contributed by atoms with Crippen molar-refractivity contribution >= 4 is 15.2 Å². The number of nitrogens with zero attached hydrogens (tertiary/aromatic N) is 1. The minimum absolute atomic E-state index is 0.0424. The highest BCUT2D eigenvalue weighted by molar-refractivity contribution is 7.52. The number of ether oxygens (including phenoxy) is 2. The Morgan fingerprint density at radius 3 is 2.00 bits per heavy atom.